The molecule has 4 atom stereocenters. The summed E-state index contributed by atoms with van der Waals surface area (Å²) >= 11 is 0. The Morgan fingerprint density at radius 1 is 0.750 bits per heavy atom. The number of carboxylic acid groups (broad SMARTS) is 2. The van der Waals surface area contributed by atoms with Crippen molar-refractivity contribution in [2.75, 3.05) is 6.54 Å². The largest absolute Gasteiger partial charge is 0.481 e. The molecule has 0 aromatic carbocycles. The number of rotatable bonds is 16. The molecule has 0 fully saturated rings. The fourth-order valence-corrected chi connectivity index (χ4v) is 2.75. The Hall–Kier alpha value is -4.44. The molecule has 12 N–H and O–H groups in total. The topological polar surface area (TPSA) is 298 Å². The summed E-state index contributed by atoms with van der Waals surface area (Å²) < 4.78 is 0. The zero-order chi connectivity index (χ0) is 28.0. The maximum atomic E-state index is 12.6. The van der Waals surface area contributed by atoms with E-state index in [1.165, 1.54) is 13.8 Å². The average molecular weight is 517 g/mol. The summed E-state index contributed by atoms with van der Waals surface area (Å²) in [6, 6.07) is -5.72. The third-order valence-electron chi connectivity index (χ3n) is 4.44. The summed E-state index contributed by atoms with van der Waals surface area (Å²) in [6.07, 6.45) is -1.35. The summed E-state index contributed by atoms with van der Waals surface area (Å²) in [5.74, 6) is -7.69. The number of nitrogens with one attached hydrogen (secondary N) is 4. The number of aliphatic carboxylic acids is 2. The Bertz CT molecular complexity index is 888. The summed E-state index contributed by atoms with van der Waals surface area (Å²) in [4.78, 5) is 86.1. The molecule has 0 aromatic heterocycles. The number of carbonyl (C=O) groups is 7. The summed E-state index contributed by atoms with van der Waals surface area (Å²) in [5, 5.41) is 26.7. The highest BCUT2D eigenvalue weighted by Crippen LogP contribution is 2.02. The Balaban J connectivity index is 5.30. The highest BCUT2D eigenvalue weighted by Gasteiger charge is 2.31. The van der Waals surface area contributed by atoms with E-state index < -0.39 is 78.5 Å². The van der Waals surface area contributed by atoms with Gasteiger partial charge in [-0.1, -0.05) is 0 Å². The van der Waals surface area contributed by atoms with Gasteiger partial charge in [0.1, 0.15) is 24.2 Å². The van der Waals surface area contributed by atoms with Crippen molar-refractivity contribution in [1.82, 2.24) is 21.3 Å². The lowest BCUT2D eigenvalue weighted by Crippen LogP contribution is -2.57. The zero-order valence-electron chi connectivity index (χ0n) is 19.8. The van der Waals surface area contributed by atoms with Crippen LogP contribution in [0.1, 0.15) is 39.5 Å². The van der Waals surface area contributed by atoms with Gasteiger partial charge in [-0.15, -0.1) is 0 Å². The van der Waals surface area contributed by atoms with E-state index in [0.29, 0.717) is 6.42 Å². The molecular formula is C19H32N8O9. The molecule has 0 radical (unpaired) electrons. The Kier molecular flexibility index (Phi) is 13.6. The molecule has 0 saturated heterocycles. The zero-order valence-corrected chi connectivity index (χ0v) is 19.8. The lowest BCUT2D eigenvalue weighted by atomic mass is 10.1. The van der Waals surface area contributed by atoms with Gasteiger partial charge in [0.05, 0.1) is 12.8 Å². The highest BCUT2D eigenvalue weighted by molar-refractivity contribution is 5.97. The van der Waals surface area contributed by atoms with Gasteiger partial charge in [0.15, 0.2) is 5.96 Å². The predicted molar refractivity (Wildman–Crippen MR) is 123 cm³/mol. The van der Waals surface area contributed by atoms with E-state index in [-0.39, 0.29) is 18.9 Å². The second-order valence-corrected chi connectivity index (χ2v) is 7.65. The molecule has 0 aliphatic carbocycles. The Morgan fingerprint density at radius 3 is 1.72 bits per heavy atom. The van der Waals surface area contributed by atoms with Crippen molar-refractivity contribution in [2.24, 2.45) is 22.2 Å². The molecule has 0 aromatic rings. The lowest BCUT2D eigenvalue weighted by Gasteiger charge is -2.23. The second-order valence-electron chi connectivity index (χ2n) is 7.65. The van der Waals surface area contributed by atoms with Crippen molar-refractivity contribution in [1.29, 1.82) is 0 Å². The second kappa shape index (κ2) is 15.5. The van der Waals surface area contributed by atoms with E-state index in [1.54, 1.807) is 0 Å². The maximum absolute atomic E-state index is 12.6. The number of aliphatic imine (C=N–C) groups is 1. The fourth-order valence-electron chi connectivity index (χ4n) is 2.75. The third kappa shape index (κ3) is 13.3. The van der Waals surface area contributed by atoms with Crippen molar-refractivity contribution < 1.29 is 43.8 Å². The van der Waals surface area contributed by atoms with E-state index in [4.69, 9.17) is 27.4 Å². The van der Waals surface area contributed by atoms with Gasteiger partial charge < -0.3 is 48.7 Å². The molecule has 17 heteroatoms. The van der Waals surface area contributed by atoms with Crippen molar-refractivity contribution in [2.45, 2.75) is 63.7 Å². The summed E-state index contributed by atoms with van der Waals surface area (Å²) in [7, 11) is 0. The Morgan fingerprint density at radius 2 is 1.25 bits per heavy atom. The first kappa shape index (κ1) is 31.6. The number of amides is 5. The molecular weight excluding hydrogens is 484 g/mol. The van der Waals surface area contributed by atoms with E-state index >= 15 is 0 Å². The molecule has 5 amide bonds. The number of nitrogens with two attached hydrogens (primary N) is 3. The van der Waals surface area contributed by atoms with Crippen LogP contribution in [0, 0.1) is 0 Å². The first-order chi connectivity index (χ1) is 16.6. The molecule has 0 rings (SSSR count). The van der Waals surface area contributed by atoms with E-state index in [1.807, 2.05) is 5.32 Å². The van der Waals surface area contributed by atoms with Crippen LogP contribution in [-0.2, 0) is 33.6 Å². The summed E-state index contributed by atoms with van der Waals surface area (Å²) in [6.45, 7) is 2.61. The molecule has 0 saturated carbocycles. The van der Waals surface area contributed by atoms with Crippen LogP contribution in [0.15, 0.2) is 4.99 Å². The molecule has 0 aliphatic heterocycles. The van der Waals surface area contributed by atoms with Gasteiger partial charge in [-0.25, -0.2) is 0 Å². The number of nitrogens with zero attached hydrogens (tertiary/aromatic N) is 1. The molecule has 0 bridgehead atoms. The van der Waals surface area contributed by atoms with Gasteiger partial charge in [-0.05, 0) is 19.8 Å². The summed E-state index contributed by atoms with van der Waals surface area (Å²) in [5.41, 5.74) is 15.5. The Labute approximate surface area is 205 Å². The lowest BCUT2D eigenvalue weighted by molar-refractivity contribution is -0.143. The van der Waals surface area contributed by atoms with Crippen LogP contribution in [0.3, 0.4) is 0 Å². The van der Waals surface area contributed by atoms with Gasteiger partial charge in [0.25, 0.3) is 0 Å². The first-order valence-corrected chi connectivity index (χ1v) is 10.6. The third-order valence-corrected chi connectivity index (χ3v) is 4.44. The molecule has 36 heavy (non-hydrogen) atoms. The van der Waals surface area contributed by atoms with Crippen molar-refractivity contribution in [3.63, 3.8) is 0 Å². The number of carboxylic acids is 2. The minimum atomic E-state index is -1.73. The first-order valence-electron chi connectivity index (χ1n) is 10.6. The smallest absolute Gasteiger partial charge is 0.305 e. The van der Waals surface area contributed by atoms with E-state index in [2.05, 4.69) is 20.9 Å². The fraction of sp³-hybridized carbons (Fsp3) is 0.579. The molecule has 17 nitrogen and oxygen atoms in total. The van der Waals surface area contributed by atoms with E-state index in [9.17, 15) is 33.6 Å². The number of carbonyl (C=O) groups excluding carboxylic acids is 5. The molecule has 202 valence electrons. The highest BCUT2D eigenvalue weighted by atomic mass is 16.4. The molecule has 0 heterocycles. The van der Waals surface area contributed by atoms with Gasteiger partial charge in [-0.2, -0.15) is 0 Å². The number of hydrogen-bond donors (Lipinski definition) is 9. The number of hydrogen-bond acceptors (Lipinski definition) is 8. The predicted octanol–water partition coefficient (Wildman–Crippen LogP) is -4.55. The van der Waals surface area contributed by atoms with Crippen LogP contribution < -0.4 is 38.5 Å². The average Bonchev–Trinajstić information content (AvgIpc) is 2.73. The van der Waals surface area contributed by atoms with Crippen LogP contribution in [0.4, 0.5) is 0 Å². The van der Waals surface area contributed by atoms with Gasteiger partial charge in [0, 0.05) is 13.5 Å². The quantitative estimate of drug-likeness (QED) is 0.0534. The monoisotopic (exact) mass is 516 g/mol. The van der Waals surface area contributed by atoms with Crippen LogP contribution in [0.25, 0.3) is 0 Å². The van der Waals surface area contributed by atoms with Crippen LogP contribution in [0.2, 0.25) is 0 Å². The molecule has 0 unspecified atom stereocenters. The van der Waals surface area contributed by atoms with Gasteiger partial charge >= 0.3 is 11.9 Å². The van der Waals surface area contributed by atoms with E-state index in [0.717, 1.165) is 0 Å². The van der Waals surface area contributed by atoms with Crippen LogP contribution in [0.5, 0.6) is 0 Å². The number of primary amides is 1. The van der Waals surface area contributed by atoms with Gasteiger partial charge in [-0.3, -0.25) is 38.6 Å². The molecule has 0 aliphatic rings. The van der Waals surface area contributed by atoms with Crippen LogP contribution in [-0.4, -0.2) is 88.4 Å². The minimum absolute atomic E-state index is 0.124. The standard InChI is InChI=1S/C19H32N8O9/c1-8(24-17(35)10(25-9(2)28)4-3-5-23-19(21)22)16(34)27-12(7-14(31)32)18(36)26-11(15(20)33)6-13(29)30/h8,10-12H,3-7H2,1-2H3,(H2,20,33)(H,24,35)(H,25,28)(H,26,36)(H,27,34)(H,29,30)(H,31,32)(H4,21,22,23)/t8-,10-,11-,12-/m0/s1. The number of guanidine groups is 1. The van der Waals surface area contributed by atoms with Crippen molar-refractivity contribution in [3.8, 4) is 0 Å². The minimum Gasteiger partial charge on any atom is -0.481 e. The van der Waals surface area contributed by atoms with Crippen molar-refractivity contribution >= 4 is 47.4 Å². The van der Waals surface area contributed by atoms with Crippen molar-refractivity contribution in [3.05, 3.63) is 0 Å². The maximum Gasteiger partial charge on any atom is 0.305 e. The SMILES string of the molecule is CC(=O)N[C@@H](CCCN=C(N)N)C(=O)N[C@@H](C)C(=O)N[C@@H](CC(=O)O)C(=O)N[C@@H](CC(=O)O)C(N)=O. The normalized spacial score (nSPS) is 13.6. The van der Waals surface area contributed by atoms with Gasteiger partial charge in [0.2, 0.25) is 29.5 Å². The van der Waals surface area contributed by atoms with Crippen LogP contribution >= 0.6 is 0 Å². The molecule has 0 spiro atoms.